The largest absolute Gasteiger partial charge is 0.348 e. The highest BCUT2D eigenvalue weighted by molar-refractivity contribution is 9.10. The second-order valence-corrected chi connectivity index (χ2v) is 10.8. The van der Waals surface area contributed by atoms with Crippen molar-refractivity contribution in [2.24, 2.45) is 0 Å². The average molecular weight is 521 g/mol. The Balaban J connectivity index is 1.65. The topological polar surface area (TPSA) is 66.9 Å². The number of hydrogen-bond acceptors (Lipinski definition) is 3. The van der Waals surface area contributed by atoms with Crippen molar-refractivity contribution in [3.8, 4) is 0 Å². The van der Waals surface area contributed by atoms with Crippen LogP contribution < -0.4 is 10.9 Å². The number of nitrogens with zero attached hydrogens (tertiary/aromatic N) is 1. The monoisotopic (exact) mass is 519 g/mol. The molecule has 0 spiro atoms. The summed E-state index contributed by atoms with van der Waals surface area (Å²) >= 11 is 11.6. The molecule has 1 fully saturated rings. The minimum absolute atomic E-state index is 0.0538. The first kappa shape index (κ1) is 22.2. The lowest BCUT2D eigenvalue weighted by Crippen LogP contribution is -2.27. The molecule has 1 amide bonds. The zero-order valence-electron chi connectivity index (χ0n) is 17.4. The fraction of sp³-hybridized carbons (Fsp3) is 0.304. The molecule has 0 unspecified atom stereocenters. The molecule has 1 aliphatic carbocycles. The van der Waals surface area contributed by atoms with Crippen molar-refractivity contribution in [2.45, 2.75) is 44.4 Å². The molecule has 2 aromatic heterocycles. The van der Waals surface area contributed by atoms with E-state index in [1.807, 2.05) is 25.1 Å². The third-order valence-corrected chi connectivity index (χ3v) is 7.78. The first-order chi connectivity index (χ1) is 14.7. The van der Waals surface area contributed by atoms with Crippen molar-refractivity contribution in [1.82, 2.24) is 14.3 Å². The Labute approximate surface area is 198 Å². The number of halogens is 2. The molecule has 0 saturated heterocycles. The average Bonchev–Trinajstić information content (AvgIpc) is 3.37. The van der Waals surface area contributed by atoms with Gasteiger partial charge < -0.3 is 10.3 Å². The Morgan fingerprint density at radius 3 is 2.77 bits per heavy atom. The summed E-state index contributed by atoms with van der Waals surface area (Å²) in [5.74, 6) is -0.250. The zero-order valence-corrected chi connectivity index (χ0v) is 20.5. The lowest BCUT2D eigenvalue weighted by Gasteiger charge is -2.14. The van der Waals surface area contributed by atoms with Crippen LogP contribution in [0.2, 0.25) is 5.02 Å². The number of nitrogens with one attached hydrogen (secondary N) is 2. The molecule has 1 saturated carbocycles. The molecule has 1 aromatic carbocycles. The maximum absolute atomic E-state index is 13.1. The molecule has 2 heterocycles. The van der Waals surface area contributed by atoms with Gasteiger partial charge in [-0.15, -0.1) is 6.58 Å². The van der Waals surface area contributed by atoms with Crippen molar-refractivity contribution in [2.75, 3.05) is 0 Å². The highest BCUT2D eigenvalue weighted by Gasteiger charge is 2.43. The number of aromatic nitrogens is 2. The molecule has 1 aliphatic rings. The summed E-state index contributed by atoms with van der Waals surface area (Å²) in [6, 6.07) is 5.54. The highest BCUT2D eigenvalue weighted by atomic mass is 79.9. The number of fused-ring (bicyclic) bond motifs is 1. The summed E-state index contributed by atoms with van der Waals surface area (Å²) in [6.07, 6.45) is 7.35. The number of H-pyrrole nitrogens is 1. The standard InChI is InChI=1S/C23H23BrClN3O2S/c1-4-5-23(6-7-23)31-28-12-13(2)20-16(9-15(24)10-19(20)28)21(29)26-11-17-18(25)8-14(3)27-22(17)30/h4,8-10,12H,1,5-7,11H2,2-3H3,(H,26,29)(H,27,30). The van der Waals surface area contributed by atoms with E-state index < -0.39 is 0 Å². The van der Waals surface area contributed by atoms with Gasteiger partial charge in [-0.25, -0.2) is 0 Å². The van der Waals surface area contributed by atoms with E-state index >= 15 is 0 Å². The van der Waals surface area contributed by atoms with Crippen LogP contribution in [0.4, 0.5) is 0 Å². The summed E-state index contributed by atoms with van der Waals surface area (Å²) in [7, 11) is 0. The Hall–Kier alpha value is -1.96. The summed E-state index contributed by atoms with van der Waals surface area (Å²) in [6.45, 7) is 7.72. The van der Waals surface area contributed by atoms with Crippen LogP contribution in [0.1, 0.15) is 46.4 Å². The Morgan fingerprint density at radius 2 is 2.13 bits per heavy atom. The van der Waals surface area contributed by atoms with Crippen molar-refractivity contribution in [3.05, 3.63) is 79.3 Å². The summed E-state index contributed by atoms with van der Waals surface area (Å²) in [5.41, 5.74) is 3.31. The highest BCUT2D eigenvalue weighted by Crippen LogP contribution is 2.53. The lowest BCUT2D eigenvalue weighted by atomic mass is 10.1. The van der Waals surface area contributed by atoms with Gasteiger partial charge in [0.25, 0.3) is 11.5 Å². The van der Waals surface area contributed by atoms with Gasteiger partial charge in [-0.1, -0.05) is 33.6 Å². The van der Waals surface area contributed by atoms with Gasteiger partial charge in [-0.3, -0.25) is 13.6 Å². The van der Waals surface area contributed by atoms with E-state index in [-0.39, 0.29) is 22.8 Å². The van der Waals surface area contributed by atoms with E-state index in [2.05, 4.69) is 43.0 Å². The maximum atomic E-state index is 13.1. The molecule has 4 rings (SSSR count). The van der Waals surface area contributed by atoms with Gasteiger partial charge in [0.1, 0.15) is 0 Å². The van der Waals surface area contributed by atoms with Gasteiger partial charge in [0, 0.05) is 26.5 Å². The fourth-order valence-electron chi connectivity index (χ4n) is 3.79. The predicted octanol–water partition coefficient (Wildman–Crippen LogP) is 5.90. The van der Waals surface area contributed by atoms with Gasteiger partial charge >= 0.3 is 0 Å². The van der Waals surface area contributed by atoms with Crippen molar-refractivity contribution >= 4 is 56.3 Å². The first-order valence-corrected chi connectivity index (χ1v) is 12.0. The van der Waals surface area contributed by atoms with E-state index in [9.17, 15) is 9.59 Å². The van der Waals surface area contributed by atoms with Crippen molar-refractivity contribution in [1.29, 1.82) is 0 Å². The molecule has 0 aliphatic heterocycles. The normalized spacial score (nSPS) is 14.6. The summed E-state index contributed by atoms with van der Waals surface area (Å²) < 4.78 is 3.20. The number of carbonyl (C=O) groups excluding carboxylic acids is 1. The number of rotatable bonds is 7. The minimum Gasteiger partial charge on any atom is -0.348 e. The van der Waals surface area contributed by atoms with Crippen LogP contribution in [0.5, 0.6) is 0 Å². The molecule has 0 radical (unpaired) electrons. The third kappa shape index (κ3) is 4.49. The number of amides is 1. The molecule has 0 atom stereocenters. The Bertz CT molecular complexity index is 1260. The maximum Gasteiger partial charge on any atom is 0.254 e. The predicted molar refractivity (Wildman–Crippen MR) is 132 cm³/mol. The van der Waals surface area contributed by atoms with Crippen LogP contribution in [0.25, 0.3) is 10.9 Å². The minimum atomic E-state index is -0.291. The molecular weight excluding hydrogens is 498 g/mol. The van der Waals surface area contributed by atoms with E-state index in [0.717, 1.165) is 40.2 Å². The van der Waals surface area contributed by atoms with Crippen LogP contribution in [0.15, 0.2) is 46.3 Å². The molecular formula is C23H23BrClN3O2S. The number of aryl methyl sites for hydroxylation is 2. The van der Waals surface area contributed by atoms with Crippen molar-refractivity contribution in [3.63, 3.8) is 0 Å². The fourth-order valence-corrected chi connectivity index (χ4v) is 5.90. The molecule has 2 N–H and O–H groups in total. The van der Waals surface area contributed by atoms with Crippen LogP contribution in [-0.2, 0) is 6.54 Å². The molecule has 31 heavy (non-hydrogen) atoms. The number of allylic oxidation sites excluding steroid dienone is 1. The second-order valence-electron chi connectivity index (χ2n) is 8.04. The zero-order chi connectivity index (χ0) is 22.3. The molecule has 5 nitrogen and oxygen atoms in total. The van der Waals surface area contributed by atoms with E-state index in [0.29, 0.717) is 21.8 Å². The van der Waals surface area contributed by atoms with Crippen molar-refractivity contribution < 1.29 is 4.79 Å². The van der Waals surface area contributed by atoms with Gasteiger partial charge in [0.15, 0.2) is 0 Å². The van der Waals surface area contributed by atoms with E-state index in [1.54, 1.807) is 24.9 Å². The van der Waals surface area contributed by atoms with Gasteiger partial charge in [-0.2, -0.15) is 0 Å². The van der Waals surface area contributed by atoms with Crippen LogP contribution in [0, 0.1) is 13.8 Å². The van der Waals surface area contributed by atoms with Crippen LogP contribution >= 0.6 is 39.5 Å². The Morgan fingerprint density at radius 1 is 1.39 bits per heavy atom. The number of benzene rings is 1. The quantitative estimate of drug-likeness (QED) is 0.381. The molecule has 3 aromatic rings. The summed E-state index contributed by atoms with van der Waals surface area (Å²) in [5, 5.41) is 4.11. The third-order valence-electron chi connectivity index (χ3n) is 5.53. The van der Waals surface area contributed by atoms with E-state index in [4.69, 9.17) is 11.6 Å². The number of carbonyl (C=O) groups is 1. The molecule has 8 heteroatoms. The van der Waals surface area contributed by atoms with Gasteiger partial charge in [0.2, 0.25) is 0 Å². The van der Waals surface area contributed by atoms with Gasteiger partial charge in [-0.05, 0) is 68.8 Å². The number of aromatic amines is 1. The smallest absolute Gasteiger partial charge is 0.254 e. The first-order valence-electron chi connectivity index (χ1n) is 10.0. The molecule has 0 bridgehead atoms. The number of hydrogen-bond donors (Lipinski definition) is 2. The second kappa shape index (κ2) is 8.52. The Kier molecular flexibility index (Phi) is 6.12. The van der Waals surface area contributed by atoms with E-state index in [1.165, 1.54) is 0 Å². The van der Waals surface area contributed by atoms with Crippen LogP contribution in [-0.4, -0.2) is 19.6 Å². The van der Waals surface area contributed by atoms with Crippen LogP contribution in [0.3, 0.4) is 0 Å². The lowest BCUT2D eigenvalue weighted by molar-refractivity contribution is 0.0952. The SMILES string of the molecule is C=CCC1(Sn2cc(C)c3c(C(=O)NCc4c(Cl)cc(C)[nH]c4=O)cc(Br)cc32)CC1. The molecule has 162 valence electrons. The number of pyridine rings is 1. The summed E-state index contributed by atoms with van der Waals surface area (Å²) in [4.78, 5) is 28.1. The van der Waals surface area contributed by atoms with Gasteiger partial charge in [0.05, 0.1) is 28.2 Å².